The van der Waals surface area contributed by atoms with Gasteiger partial charge in [-0.2, -0.15) is 0 Å². The SMILES string of the molecule is CN(C)C(=O)c1ccc(O)c2c1C[C@H]1C[C@H]3[C@H](N(C)C)C(=O)C(C(N)=O)=C(O)C3(O)C(=O)C1=C2O. The Hall–Kier alpha value is -3.70. The zero-order valence-corrected chi connectivity index (χ0v) is 19.7. The third-order valence-corrected chi connectivity index (χ3v) is 7.24. The number of aromatic hydroxyl groups is 1. The number of carbonyl (C=O) groups excluding carboxylic acids is 4. The summed E-state index contributed by atoms with van der Waals surface area (Å²) >= 11 is 0. The van der Waals surface area contributed by atoms with E-state index in [1.807, 2.05) is 0 Å². The molecule has 4 rings (SSSR count). The molecule has 11 nitrogen and oxygen atoms in total. The fraction of sp³-hybridized carbons (Fsp3) is 0.417. The van der Waals surface area contributed by atoms with Crippen molar-refractivity contribution in [3.8, 4) is 5.75 Å². The van der Waals surface area contributed by atoms with E-state index in [9.17, 15) is 39.6 Å². The Bertz CT molecular complexity index is 1260. The van der Waals surface area contributed by atoms with Gasteiger partial charge in [0.1, 0.15) is 22.8 Å². The number of aliphatic hydroxyl groups excluding tert-OH is 2. The molecule has 2 amide bonds. The van der Waals surface area contributed by atoms with Crippen LogP contribution < -0.4 is 5.73 Å². The van der Waals surface area contributed by atoms with Crippen LogP contribution >= 0.6 is 0 Å². The zero-order chi connectivity index (χ0) is 26.1. The minimum absolute atomic E-state index is 0.0446. The number of aliphatic hydroxyl groups is 3. The number of phenolic OH excluding ortho intramolecular Hbond substituents is 1. The highest BCUT2D eigenvalue weighted by atomic mass is 16.3. The maximum atomic E-state index is 13.7. The van der Waals surface area contributed by atoms with E-state index in [-0.39, 0.29) is 41.2 Å². The summed E-state index contributed by atoms with van der Waals surface area (Å²) in [6.45, 7) is 0. The molecule has 1 saturated carbocycles. The average molecular weight is 485 g/mol. The Morgan fingerprint density at radius 3 is 2.26 bits per heavy atom. The first-order valence-corrected chi connectivity index (χ1v) is 11.0. The van der Waals surface area contributed by atoms with Crippen molar-refractivity contribution in [2.75, 3.05) is 28.2 Å². The van der Waals surface area contributed by atoms with Crippen molar-refractivity contribution in [3.05, 3.63) is 45.7 Å². The Morgan fingerprint density at radius 1 is 1.09 bits per heavy atom. The van der Waals surface area contributed by atoms with Gasteiger partial charge in [-0.3, -0.25) is 24.1 Å². The second-order valence-electron chi connectivity index (χ2n) is 9.65. The number of likely N-dealkylation sites (N-methyl/N-ethyl adjacent to an activating group) is 1. The summed E-state index contributed by atoms with van der Waals surface area (Å²) < 4.78 is 0. The van der Waals surface area contributed by atoms with Gasteiger partial charge in [-0.05, 0) is 50.6 Å². The molecule has 186 valence electrons. The van der Waals surface area contributed by atoms with E-state index in [2.05, 4.69) is 0 Å². The molecule has 0 spiro atoms. The third kappa shape index (κ3) is 3.18. The van der Waals surface area contributed by atoms with Crippen LogP contribution in [0.25, 0.3) is 5.76 Å². The molecule has 1 fully saturated rings. The van der Waals surface area contributed by atoms with E-state index >= 15 is 0 Å². The van der Waals surface area contributed by atoms with Crippen LogP contribution in [0.1, 0.15) is 27.9 Å². The topological polar surface area (TPSA) is 182 Å². The number of nitrogens with zero attached hydrogens (tertiary/aromatic N) is 2. The normalized spacial score (nSPS) is 28.0. The van der Waals surface area contributed by atoms with Crippen molar-refractivity contribution in [2.45, 2.75) is 24.5 Å². The number of Topliss-reactive ketones (excluding diaryl/α,β-unsaturated/α-hetero) is 2. The van der Waals surface area contributed by atoms with E-state index in [0.29, 0.717) is 5.56 Å². The summed E-state index contributed by atoms with van der Waals surface area (Å²) in [4.78, 5) is 54.3. The highest BCUT2D eigenvalue weighted by Gasteiger charge is 2.64. The van der Waals surface area contributed by atoms with Crippen molar-refractivity contribution >= 4 is 29.1 Å². The van der Waals surface area contributed by atoms with Crippen LogP contribution in [-0.4, -0.2) is 93.4 Å². The minimum atomic E-state index is -2.70. The molecule has 1 aromatic carbocycles. The summed E-state index contributed by atoms with van der Waals surface area (Å²) in [7, 11) is 6.16. The summed E-state index contributed by atoms with van der Waals surface area (Å²) in [6, 6.07) is 1.48. The predicted octanol–water partition coefficient (Wildman–Crippen LogP) is -0.334. The zero-order valence-electron chi connectivity index (χ0n) is 19.7. The number of nitrogens with two attached hydrogens (primary N) is 1. The van der Waals surface area contributed by atoms with Crippen molar-refractivity contribution in [3.63, 3.8) is 0 Å². The third-order valence-electron chi connectivity index (χ3n) is 7.24. The van der Waals surface area contributed by atoms with Gasteiger partial charge >= 0.3 is 0 Å². The van der Waals surface area contributed by atoms with Crippen LogP contribution in [0, 0.1) is 11.8 Å². The number of benzene rings is 1. The number of ketones is 2. The first-order chi connectivity index (χ1) is 16.2. The molecular weight excluding hydrogens is 458 g/mol. The van der Waals surface area contributed by atoms with Crippen molar-refractivity contribution in [2.24, 2.45) is 17.6 Å². The van der Waals surface area contributed by atoms with E-state index in [1.165, 1.54) is 36.0 Å². The molecule has 0 aliphatic heterocycles. The molecule has 3 aliphatic rings. The van der Waals surface area contributed by atoms with Crippen LogP contribution in [0.15, 0.2) is 29.0 Å². The van der Waals surface area contributed by atoms with Gasteiger partial charge in [-0.1, -0.05) is 0 Å². The van der Waals surface area contributed by atoms with Gasteiger partial charge < -0.3 is 31.1 Å². The highest BCUT2D eigenvalue weighted by molar-refractivity contribution is 6.24. The molecule has 11 heteroatoms. The maximum Gasteiger partial charge on any atom is 0.255 e. The van der Waals surface area contributed by atoms with Gasteiger partial charge in [0.15, 0.2) is 11.4 Å². The van der Waals surface area contributed by atoms with Crippen molar-refractivity contribution < 1.29 is 39.6 Å². The van der Waals surface area contributed by atoms with E-state index in [0.717, 1.165) is 0 Å². The number of carbonyl (C=O) groups is 4. The summed E-state index contributed by atoms with van der Waals surface area (Å²) in [5, 5.41) is 44.0. The second-order valence-corrected chi connectivity index (χ2v) is 9.65. The predicted molar refractivity (Wildman–Crippen MR) is 122 cm³/mol. The van der Waals surface area contributed by atoms with Crippen LogP contribution in [-0.2, 0) is 20.8 Å². The van der Waals surface area contributed by atoms with E-state index in [4.69, 9.17) is 5.73 Å². The quantitative estimate of drug-likeness (QED) is 0.358. The van der Waals surface area contributed by atoms with Gasteiger partial charge in [0.2, 0.25) is 5.78 Å². The Kier molecular flexibility index (Phi) is 5.53. The molecule has 1 aromatic rings. The van der Waals surface area contributed by atoms with Gasteiger partial charge in [0.05, 0.1) is 11.6 Å². The molecule has 1 unspecified atom stereocenters. The van der Waals surface area contributed by atoms with Crippen LogP contribution in [0.5, 0.6) is 5.75 Å². The Labute approximate surface area is 200 Å². The molecule has 0 bridgehead atoms. The van der Waals surface area contributed by atoms with E-state index < -0.39 is 58.0 Å². The summed E-state index contributed by atoms with van der Waals surface area (Å²) in [5.41, 5.74) is 1.91. The number of hydrogen-bond donors (Lipinski definition) is 5. The number of phenols is 1. The lowest BCUT2D eigenvalue weighted by molar-refractivity contribution is -0.153. The van der Waals surface area contributed by atoms with Crippen LogP contribution in [0.2, 0.25) is 0 Å². The van der Waals surface area contributed by atoms with Crippen LogP contribution in [0.4, 0.5) is 0 Å². The fourth-order valence-corrected chi connectivity index (χ4v) is 5.69. The minimum Gasteiger partial charge on any atom is -0.508 e. The van der Waals surface area contributed by atoms with Crippen molar-refractivity contribution in [1.29, 1.82) is 0 Å². The van der Waals surface area contributed by atoms with Gasteiger partial charge in [0, 0.05) is 31.1 Å². The molecule has 35 heavy (non-hydrogen) atoms. The number of hydrogen-bond acceptors (Lipinski definition) is 9. The molecule has 0 aromatic heterocycles. The second kappa shape index (κ2) is 7.92. The van der Waals surface area contributed by atoms with Gasteiger partial charge in [0.25, 0.3) is 11.8 Å². The monoisotopic (exact) mass is 485 g/mol. The van der Waals surface area contributed by atoms with Crippen molar-refractivity contribution in [1.82, 2.24) is 9.80 Å². The highest BCUT2D eigenvalue weighted by Crippen LogP contribution is 2.52. The van der Waals surface area contributed by atoms with Crippen LogP contribution in [0.3, 0.4) is 0 Å². The summed E-state index contributed by atoms with van der Waals surface area (Å²) in [5.74, 6) is -7.65. The first-order valence-electron chi connectivity index (χ1n) is 11.0. The Balaban J connectivity index is 1.98. The molecular formula is C24H27N3O8. The maximum absolute atomic E-state index is 13.7. The molecule has 4 atom stereocenters. The van der Waals surface area contributed by atoms with E-state index in [1.54, 1.807) is 14.1 Å². The van der Waals surface area contributed by atoms with Gasteiger partial charge in [-0.25, -0.2) is 0 Å². The molecule has 0 heterocycles. The first kappa shape index (κ1) is 24.4. The lowest BCUT2D eigenvalue weighted by Gasteiger charge is -2.50. The number of primary amides is 1. The summed E-state index contributed by atoms with van der Waals surface area (Å²) in [6.07, 6.45) is 0.00879. The molecule has 3 aliphatic carbocycles. The lowest BCUT2D eigenvalue weighted by Crippen LogP contribution is -2.65. The standard InChI is InChI=1S/C24H27N3O8/c1-26(2)17-12-8-9-7-11-10(23(34)27(3)4)5-6-13(28)15(11)18(29)14(9)20(31)24(12,35)21(32)16(19(17)30)22(25)33/h5-6,9,12,17,28-29,32,35H,7-8H2,1-4H3,(H2,25,33)/t9-,12-,17-,24?/m0/s1. The van der Waals surface area contributed by atoms with Gasteiger partial charge in [-0.15, -0.1) is 0 Å². The average Bonchev–Trinajstić information content (AvgIpc) is 2.75. The Morgan fingerprint density at radius 2 is 1.71 bits per heavy atom. The molecule has 0 radical (unpaired) electrons. The smallest absolute Gasteiger partial charge is 0.255 e. The number of rotatable bonds is 3. The fourth-order valence-electron chi connectivity index (χ4n) is 5.69. The molecule has 6 N–H and O–H groups in total. The number of amides is 2. The number of fused-ring (bicyclic) bond motifs is 3. The largest absolute Gasteiger partial charge is 0.508 e. The molecule has 0 saturated heterocycles. The lowest BCUT2D eigenvalue weighted by atomic mass is 9.57.